The van der Waals surface area contributed by atoms with Gasteiger partial charge in [0.2, 0.25) is 5.95 Å². The van der Waals surface area contributed by atoms with Crippen LogP contribution in [0.25, 0.3) is 11.2 Å². The van der Waals surface area contributed by atoms with Crippen molar-refractivity contribution in [2.45, 2.75) is 64.1 Å². The molecule has 9 heteroatoms. The van der Waals surface area contributed by atoms with E-state index in [1.54, 1.807) is 6.07 Å². The molecule has 0 atom stereocenters. The number of rotatable bonds is 5. The Labute approximate surface area is 181 Å². The van der Waals surface area contributed by atoms with Crippen LogP contribution >= 0.6 is 11.6 Å². The fraction of sp³-hybridized carbons (Fsp3) is 0.476. The van der Waals surface area contributed by atoms with Crippen LogP contribution in [0.15, 0.2) is 18.2 Å². The second kappa shape index (κ2) is 8.28. The van der Waals surface area contributed by atoms with E-state index in [9.17, 15) is 0 Å². The molecule has 1 fully saturated rings. The van der Waals surface area contributed by atoms with Gasteiger partial charge >= 0.3 is 0 Å². The molecular weight excluding hydrogens is 400 g/mol. The van der Waals surface area contributed by atoms with E-state index in [2.05, 4.69) is 28.7 Å². The van der Waals surface area contributed by atoms with Gasteiger partial charge in [-0.25, -0.2) is 4.98 Å². The predicted molar refractivity (Wildman–Crippen MR) is 123 cm³/mol. The average Bonchev–Trinajstić information content (AvgIpc) is 3.05. The number of nitrogens with zero attached hydrogens (tertiary/aromatic N) is 4. The number of nitrogen functional groups attached to an aromatic ring is 2. The molecule has 1 aliphatic rings. The van der Waals surface area contributed by atoms with Crippen LogP contribution in [0, 0.1) is 0 Å². The molecule has 0 bridgehead atoms. The lowest BCUT2D eigenvalue weighted by atomic mass is 9.92. The molecule has 8 nitrogen and oxygen atoms in total. The van der Waals surface area contributed by atoms with Gasteiger partial charge in [0.1, 0.15) is 5.82 Å². The number of hydrogen-bond acceptors (Lipinski definition) is 7. The van der Waals surface area contributed by atoms with E-state index in [1.807, 2.05) is 12.1 Å². The summed E-state index contributed by atoms with van der Waals surface area (Å²) in [6.45, 7) is 4.19. The number of halogens is 1. The highest BCUT2D eigenvalue weighted by atomic mass is 35.5. The van der Waals surface area contributed by atoms with E-state index >= 15 is 0 Å². The Balaban J connectivity index is 1.71. The van der Waals surface area contributed by atoms with Crippen molar-refractivity contribution in [2.75, 3.05) is 16.8 Å². The third-order valence-electron chi connectivity index (χ3n) is 5.71. The number of nitrogens with two attached hydrogens (primary N) is 3. The number of imidazole rings is 1. The molecule has 0 saturated heterocycles. The first-order valence-electron chi connectivity index (χ1n) is 10.4. The number of benzene rings is 1. The summed E-state index contributed by atoms with van der Waals surface area (Å²) >= 11 is 6.17. The molecular formula is C21H29ClN8. The van der Waals surface area contributed by atoms with Gasteiger partial charge in [-0.05, 0) is 63.3 Å². The van der Waals surface area contributed by atoms with E-state index in [-0.39, 0.29) is 6.04 Å². The zero-order valence-corrected chi connectivity index (χ0v) is 18.2. The van der Waals surface area contributed by atoms with Crippen LogP contribution in [0.2, 0.25) is 5.02 Å². The van der Waals surface area contributed by atoms with Crippen LogP contribution in [0.3, 0.4) is 0 Å². The van der Waals surface area contributed by atoms with Crippen molar-refractivity contribution in [2.24, 2.45) is 5.73 Å². The molecule has 2 heterocycles. The lowest BCUT2D eigenvalue weighted by Gasteiger charge is -2.26. The summed E-state index contributed by atoms with van der Waals surface area (Å²) in [5.74, 6) is 1.74. The van der Waals surface area contributed by atoms with Gasteiger partial charge in [-0.3, -0.25) is 0 Å². The summed E-state index contributed by atoms with van der Waals surface area (Å²) in [6, 6.07) is 6.21. The molecule has 0 radical (unpaired) electrons. The van der Waals surface area contributed by atoms with E-state index in [4.69, 9.17) is 38.8 Å². The van der Waals surface area contributed by atoms with Crippen LogP contribution in [0.5, 0.6) is 0 Å². The van der Waals surface area contributed by atoms with Crippen molar-refractivity contribution in [3.8, 4) is 0 Å². The van der Waals surface area contributed by atoms with E-state index in [0.29, 0.717) is 46.5 Å². The molecule has 0 amide bonds. The van der Waals surface area contributed by atoms with E-state index in [1.165, 1.54) is 0 Å². The Morgan fingerprint density at radius 1 is 1.13 bits per heavy atom. The van der Waals surface area contributed by atoms with Gasteiger partial charge in [0.05, 0.1) is 0 Å². The number of fused-ring (bicyclic) bond motifs is 1. The topological polar surface area (TPSA) is 134 Å². The third kappa shape index (κ3) is 4.15. The molecule has 1 aliphatic carbocycles. The maximum Gasteiger partial charge on any atom is 0.226 e. The van der Waals surface area contributed by atoms with Gasteiger partial charge in [0.25, 0.3) is 0 Å². The van der Waals surface area contributed by atoms with Crippen LogP contribution in [0.1, 0.15) is 57.0 Å². The zero-order valence-electron chi connectivity index (χ0n) is 17.4. The second-order valence-electron chi connectivity index (χ2n) is 8.37. The lowest BCUT2D eigenvalue weighted by molar-refractivity contribution is 0.410. The van der Waals surface area contributed by atoms with Gasteiger partial charge in [-0.15, -0.1) is 0 Å². The number of aromatic nitrogens is 4. The first kappa shape index (κ1) is 20.7. The van der Waals surface area contributed by atoms with Crippen LogP contribution in [0.4, 0.5) is 17.5 Å². The SMILES string of the molecule is CC(C)n1c(Cc2cc(Cl)ccc2N)nc2c(N)nc(NC3CCC(N)CC3)nc21. The van der Waals surface area contributed by atoms with Crippen molar-refractivity contribution >= 4 is 40.2 Å². The van der Waals surface area contributed by atoms with Gasteiger partial charge in [-0.2, -0.15) is 9.97 Å². The van der Waals surface area contributed by atoms with Crippen molar-refractivity contribution in [1.29, 1.82) is 0 Å². The maximum absolute atomic E-state index is 6.28. The van der Waals surface area contributed by atoms with Crippen LogP contribution < -0.4 is 22.5 Å². The monoisotopic (exact) mass is 428 g/mol. The van der Waals surface area contributed by atoms with E-state index in [0.717, 1.165) is 42.7 Å². The summed E-state index contributed by atoms with van der Waals surface area (Å²) in [5, 5.41) is 4.08. The number of hydrogen-bond donors (Lipinski definition) is 4. The molecule has 0 spiro atoms. The predicted octanol–water partition coefficient (Wildman–Crippen LogP) is 3.50. The van der Waals surface area contributed by atoms with Gasteiger partial charge in [-0.1, -0.05) is 11.6 Å². The standard InChI is InChI=1S/C21H29ClN8/c1-11(2)30-17(10-12-9-13(22)3-8-16(12)24)27-18-19(25)28-21(29-20(18)30)26-15-6-4-14(23)5-7-15/h3,8-9,11,14-15H,4-7,10,23-24H2,1-2H3,(H3,25,26,28,29). The smallest absolute Gasteiger partial charge is 0.226 e. The first-order valence-corrected chi connectivity index (χ1v) is 10.8. The Morgan fingerprint density at radius 2 is 1.87 bits per heavy atom. The average molecular weight is 429 g/mol. The normalized spacial score (nSPS) is 19.5. The quantitative estimate of drug-likeness (QED) is 0.457. The van der Waals surface area contributed by atoms with Crippen molar-refractivity contribution in [1.82, 2.24) is 19.5 Å². The number of nitrogens with one attached hydrogen (secondary N) is 1. The Hall–Kier alpha value is -2.58. The van der Waals surface area contributed by atoms with Crippen molar-refractivity contribution in [3.05, 3.63) is 34.6 Å². The highest BCUT2D eigenvalue weighted by Crippen LogP contribution is 2.28. The minimum Gasteiger partial charge on any atom is -0.398 e. The first-order chi connectivity index (χ1) is 14.3. The Kier molecular flexibility index (Phi) is 5.71. The second-order valence-corrected chi connectivity index (χ2v) is 8.81. The summed E-state index contributed by atoms with van der Waals surface area (Å²) in [5.41, 5.74) is 21.4. The molecule has 2 aromatic heterocycles. The Morgan fingerprint density at radius 3 is 2.57 bits per heavy atom. The molecule has 0 aliphatic heterocycles. The molecule has 1 aromatic carbocycles. The lowest BCUT2D eigenvalue weighted by Crippen LogP contribution is -2.33. The van der Waals surface area contributed by atoms with Gasteiger partial charge in [0, 0.05) is 35.3 Å². The van der Waals surface area contributed by atoms with Crippen molar-refractivity contribution in [3.63, 3.8) is 0 Å². The number of anilines is 3. The fourth-order valence-corrected chi connectivity index (χ4v) is 4.31. The third-order valence-corrected chi connectivity index (χ3v) is 5.95. The van der Waals surface area contributed by atoms with Gasteiger partial charge in [0.15, 0.2) is 17.0 Å². The molecule has 160 valence electrons. The summed E-state index contributed by atoms with van der Waals surface area (Å²) in [7, 11) is 0. The van der Waals surface area contributed by atoms with Gasteiger partial charge < -0.3 is 27.1 Å². The Bertz CT molecular complexity index is 1050. The summed E-state index contributed by atoms with van der Waals surface area (Å²) < 4.78 is 2.09. The van der Waals surface area contributed by atoms with Crippen molar-refractivity contribution < 1.29 is 0 Å². The largest absolute Gasteiger partial charge is 0.398 e. The summed E-state index contributed by atoms with van der Waals surface area (Å²) in [6.07, 6.45) is 4.55. The fourth-order valence-electron chi connectivity index (χ4n) is 4.12. The molecule has 3 aromatic rings. The van der Waals surface area contributed by atoms with Crippen LogP contribution in [-0.4, -0.2) is 31.6 Å². The highest BCUT2D eigenvalue weighted by molar-refractivity contribution is 6.30. The molecule has 4 rings (SSSR count). The van der Waals surface area contributed by atoms with E-state index < -0.39 is 0 Å². The minimum absolute atomic E-state index is 0.139. The molecule has 0 unspecified atom stereocenters. The zero-order chi connectivity index (χ0) is 21.4. The molecule has 1 saturated carbocycles. The van der Waals surface area contributed by atoms with Crippen LogP contribution in [-0.2, 0) is 6.42 Å². The highest BCUT2D eigenvalue weighted by Gasteiger charge is 2.22. The molecule has 30 heavy (non-hydrogen) atoms. The maximum atomic E-state index is 6.28. The summed E-state index contributed by atoms with van der Waals surface area (Å²) in [4.78, 5) is 14.0. The minimum atomic E-state index is 0.139. The molecule has 7 N–H and O–H groups in total.